The van der Waals surface area contributed by atoms with Gasteiger partial charge in [0.05, 0.1) is 0 Å². The SMILES string of the molecule is O=C1NCCCC1Nc1nc(Br)cs1. The molecule has 1 fully saturated rings. The second kappa shape index (κ2) is 4.27. The first-order valence-electron chi connectivity index (χ1n) is 4.41. The smallest absolute Gasteiger partial charge is 0.242 e. The van der Waals surface area contributed by atoms with Crippen molar-refractivity contribution in [1.29, 1.82) is 0 Å². The number of hydrogen-bond acceptors (Lipinski definition) is 4. The van der Waals surface area contributed by atoms with Crippen LogP contribution < -0.4 is 10.6 Å². The highest BCUT2D eigenvalue weighted by Gasteiger charge is 2.22. The van der Waals surface area contributed by atoms with Crippen molar-refractivity contribution in [2.75, 3.05) is 11.9 Å². The van der Waals surface area contributed by atoms with Crippen molar-refractivity contribution in [3.8, 4) is 0 Å². The highest BCUT2D eigenvalue weighted by Crippen LogP contribution is 2.21. The van der Waals surface area contributed by atoms with E-state index in [9.17, 15) is 4.79 Å². The lowest BCUT2D eigenvalue weighted by molar-refractivity contribution is -0.123. The second-order valence-corrected chi connectivity index (χ2v) is 4.78. The molecular weight excluding hydrogens is 266 g/mol. The summed E-state index contributed by atoms with van der Waals surface area (Å²) in [6.45, 7) is 0.790. The summed E-state index contributed by atoms with van der Waals surface area (Å²) in [6, 6.07) is -0.123. The number of nitrogens with one attached hydrogen (secondary N) is 2. The van der Waals surface area contributed by atoms with Crippen LogP contribution in [0, 0.1) is 0 Å². The zero-order valence-corrected chi connectivity index (χ0v) is 9.82. The predicted molar refractivity (Wildman–Crippen MR) is 59.5 cm³/mol. The monoisotopic (exact) mass is 275 g/mol. The maximum atomic E-state index is 11.4. The lowest BCUT2D eigenvalue weighted by atomic mass is 10.1. The average Bonchev–Trinajstić information content (AvgIpc) is 2.56. The van der Waals surface area contributed by atoms with Crippen molar-refractivity contribution in [3.63, 3.8) is 0 Å². The Balaban J connectivity index is 1.99. The third-order valence-corrected chi connectivity index (χ3v) is 3.54. The largest absolute Gasteiger partial charge is 0.354 e. The van der Waals surface area contributed by atoms with Crippen LogP contribution in [0.3, 0.4) is 0 Å². The maximum Gasteiger partial charge on any atom is 0.242 e. The van der Waals surface area contributed by atoms with Crippen LogP contribution >= 0.6 is 27.3 Å². The van der Waals surface area contributed by atoms with Gasteiger partial charge in [-0.05, 0) is 28.8 Å². The number of carbonyl (C=O) groups excluding carboxylic acids is 1. The summed E-state index contributed by atoms with van der Waals surface area (Å²) in [5.74, 6) is 0.0718. The van der Waals surface area contributed by atoms with Gasteiger partial charge in [0.25, 0.3) is 0 Å². The van der Waals surface area contributed by atoms with E-state index in [1.54, 1.807) is 0 Å². The van der Waals surface area contributed by atoms with E-state index < -0.39 is 0 Å². The van der Waals surface area contributed by atoms with Gasteiger partial charge in [0, 0.05) is 11.9 Å². The molecule has 1 aromatic heterocycles. The molecule has 14 heavy (non-hydrogen) atoms. The number of thiazole rings is 1. The average molecular weight is 276 g/mol. The first-order chi connectivity index (χ1) is 6.75. The summed E-state index contributed by atoms with van der Waals surface area (Å²) in [6.07, 6.45) is 1.90. The maximum absolute atomic E-state index is 11.4. The van der Waals surface area contributed by atoms with Gasteiger partial charge in [0.2, 0.25) is 5.91 Å². The van der Waals surface area contributed by atoms with Gasteiger partial charge >= 0.3 is 0 Å². The standard InChI is InChI=1S/C8H10BrN3OS/c9-6-4-14-8(12-6)11-5-2-1-3-10-7(5)13/h4-5H,1-3H2,(H,10,13)(H,11,12). The molecule has 2 rings (SSSR count). The molecule has 0 bridgehead atoms. The fourth-order valence-electron chi connectivity index (χ4n) is 1.38. The fraction of sp³-hybridized carbons (Fsp3) is 0.500. The molecule has 2 N–H and O–H groups in total. The molecule has 76 valence electrons. The number of nitrogens with zero attached hydrogens (tertiary/aromatic N) is 1. The predicted octanol–water partition coefficient (Wildman–Crippen LogP) is 1.60. The molecule has 0 aliphatic carbocycles. The zero-order valence-electron chi connectivity index (χ0n) is 7.42. The van der Waals surface area contributed by atoms with Gasteiger partial charge in [-0.2, -0.15) is 0 Å². The minimum absolute atomic E-state index is 0.0718. The molecule has 1 atom stereocenters. The van der Waals surface area contributed by atoms with Crippen LogP contribution in [-0.4, -0.2) is 23.5 Å². The van der Waals surface area contributed by atoms with Gasteiger partial charge < -0.3 is 10.6 Å². The Labute approximate surface area is 94.2 Å². The molecule has 2 heterocycles. The third-order valence-electron chi connectivity index (χ3n) is 2.06. The summed E-state index contributed by atoms with van der Waals surface area (Å²) in [5.41, 5.74) is 0. The molecule has 1 aliphatic rings. The Bertz CT molecular complexity index is 341. The second-order valence-electron chi connectivity index (χ2n) is 3.11. The Kier molecular flexibility index (Phi) is 3.02. The van der Waals surface area contributed by atoms with Gasteiger partial charge in [-0.25, -0.2) is 4.98 Å². The van der Waals surface area contributed by atoms with Gasteiger partial charge in [0.1, 0.15) is 10.6 Å². The quantitative estimate of drug-likeness (QED) is 0.862. The number of carbonyl (C=O) groups is 1. The van der Waals surface area contributed by atoms with Crippen LogP contribution in [0.2, 0.25) is 0 Å². The summed E-state index contributed by atoms with van der Waals surface area (Å²) in [7, 11) is 0. The van der Waals surface area contributed by atoms with Gasteiger partial charge in [-0.15, -0.1) is 11.3 Å². The Morgan fingerprint density at radius 1 is 1.71 bits per heavy atom. The van der Waals surface area contributed by atoms with Crippen LogP contribution in [0.25, 0.3) is 0 Å². The Hall–Kier alpha value is -0.620. The molecule has 6 heteroatoms. The van der Waals surface area contributed by atoms with Crippen molar-refractivity contribution < 1.29 is 4.79 Å². The van der Waals surface area contributed by atoms with Crippen LogP contribution in [0.5, 0.6) is 0 Å². The first-order valence-corrected chi connectivity index (χ1v) is 6.08. The number of amides is 1. The highest BCUT2D eigenvalue weighted by molar-refractivity contribution is 9.10. The van der Waals surface area contributed by atoms with E-state index in [1.165, 1.54) is 11.3 Å². The lowest BCUT2D eigenvalue weighted by Gasteiger charge is -2.22. The molecule has 4 nitrogen and oxygen atoms in total. The molecule has 1 saturated heterocycles. The van der Waals surface area contributed by atoms with Crippen molar-refractivity contribution in [3.05, 3.63) is 9.98 Å². The minimum atomic E-state index is -0.123. The molecular formula is C8H10BrN3OS. The van der Waals surface area contributed by atoms with Gasteiger partial charge in [-0.1, -0.05) is 0 Å². The van der Waals surface area contributed by atoms with E-state index >= 15 is 0 Å². The Morgan fingerprint density at radius 3 is 3.21 bits per heavy atom. The molecule has 0 saturated carbocycles. The number of anilines is 1. The summed E-state index contributed by atoms with van der Waals surface area (Å²) >= 11 is 4.77. The van der Waals surface area contributed by atoms with Crippen molar-refractivity contribution in [2.45, 2.75) is 18.9 Å². The van der Waals surface area contributed by atoms with Crippen molar-refractivity contribution >= 4 is 38.3 Å². The topological polar surface area (TPSA) is 54.0 Å². The van der Waals surface area contributed by atoms with E-state index in [0.29, 0.717) is 0 Å². The van der Waals surface area contributed by atoms with Gasteiger partial charge in [0.15, 0.2) is 5.13 Å². The molecule has 0 spiro atoms. The fourth-order valence-corrected chi connectivity index (χ4v) is 2.58. The van der Waals surface area contributed by atoms with E-state index in [4.69, 9.17) is 0 Å². The summed E-state index contributed by atoms with van der Waals surface area (Å²) in [4.78, 5) is 15.6. The summed E-state index contributed by atoms with van der Waals surface area (Å²) < 4.78 is 0.807. The number of piperidine rings is 1. The van der Waals surface area contributed by atoms with Crippen LogP contribution in [0.1, 0.15) is 12.8 Å². The lowest BCUT2D eigenvalue weighted by Crippen LogP contribution is -2.44. The highest BCUT2D eigenvalue weighted by atomic mass is 79.9. The number of halogens is 1. The molecule has 1 aromatic rings. The van der Waals surface area contributed by atoms with Crippen LogP contribution in [0.15, 0.2) is 9.98 Å². The van der Waals surface area contributed by atoms with E-state index in [0.717, 1.165) is 29.1 Å². The molecule has 1 amide bonds. The van der Waals surface area contributed by atoms with E-state index in [1.807, 2.05) is 5.38 Å². The molecule has 0 aromatic carbocycles. The number of aromatic nitrogens is 1. The number of hydrogen-bond donors (Lipinski definition) is 2. The molecule has 1 unspecified atom stereocenters. The van der Waals surface area contributed by atoms with Gasteiger partial charge in [-0.3, -0.25) is 4.79 Å². The van der Waals surface area contributed by atoms with E-state index in [-0.39, 0.29) is 11.9 Å². The van der Waals surface area contributed by atoms with Crippen LogP contribution in [-0.2, 0) is 4.79 Å². The third kappa shape index (κ3) is 2.24. The summed E-state index contributed by atoms with van der Waals surface area (Å²) in [5, 5.41) is 8.62. The van der Waals surface area contributed by atoms with Crippen molar-refractivity contribution in [1.82, 2.24) is 10.3 Å². The normalized spacial score (nSPS) is 21.8. The van der Waals surface area contributed by atoms with Crippen LogP contribution in [0.4, 0.5) is 5.13 Å². The first kappa shape index (κ1) is 9.92. The van der Waals surface area contributed by atoms with E-state index in [2.05, 4.69) is 31.5 Å². The minimum Gasteiger partial charge on any atom is -0.354 e. The zero-order chi connectivity index (χ0) is 9.97. The van der Waals surface area contributed by atoms with Crippen molar-refractivity contribution in [2.24, 2.45) is 0 Å². The molecule has 0 radical (unpaired) electrons. The Morgan fingerprint density at radius 2 is 2.57 bits per heavy atom. The molecule has 1 aliphatic heterocycles. The number of rotatable bonds is 2.